The molecule has 0 fully saturated rings. The molecule has 0 radical (unpaired) electrons. The van der Waals surface area contributed by atoms with Gasteiger partial charge in [0, 0.05) is 51.0 Å². The first-order valence-electron chi connectivity index (χ1n) is 19.7. The van der Waals surface area contributed by atoms with Gasteiger partial charge >= 0.3 is 0 Å². The van der Waals surface area contributed by atoms with Crippen molar-refractivity contribution in [3.63, 3.8) is 0 Å². The topological polar surface area (TPSA) is 22.2 Å². The van der Waals surface area contributed by atoms with E-state index in [0.717, 1.165) is 25.1 Å². The van der Waals surface area contributed by atoms with E-state index >= 15 is 0 Å². The summed E-state index contributed by atoms with van der Waals surface area (Å²) in [5, 5.41) is 5.09. The number of dihydropyridines is 1. The maximum absolute atomic E-state index is 4.49. The first-order chi connectivity index (χ1) is 27.8. The third kappa shape index (κ3) is 5.47. The Labute approximate surface area is 326 Å². The molecule has 3 heteroatoms. The van der Waals surface area contributed by atoms with Crippen LogP contribution in [0.25, 0.3) is 82.7 Å². The zero-order valence-corrected chi connectivity index (χ0v) is 31.0. The molecule has 1 aliphatic carbocycles. The highest BCUT2D eigenvalue weighted by Crippen LogP contribution is 2.41. The summed E-state index contributed by atoms with van der Waals surface area (Å²) in [4.78, 5) is 4.49. The number of para-hydroxylation sites is 2. The van der Waals surface area contributed by atoms with Crippen LogP contribution in [0.1, 0.15) is 30.0 Å². The summed E-state index contributed by atoms with van der Waals surface area (Å²) in [6.45, 7) is 0.822. The summed E-state index contributed by atoms with van der Waals surface area (Å²) in [7, 11) is 0. The van der Waals surface area contributed by atoms with Gasteiger partial charge in [-0.25, -0.2) is 0 Å². The largest absolute Gasteiger partial charge is 0.333 e. The first kappa shape index (κ1) is 32.5. The fourth-order valence-electron chi connectivity index (χ4n) is 9.06. The van der Waals surface area contributed by atoms with Crippen LogP contribution in [-0.4, -0.2) is 21.9 Å². The van der Waals surface area contributed by atoms with Crippen molar-refractivity contribution in [3.05, 3.63) is 199 Å². The number of hydrogen-bond donors (Lipinski definition) is 0. The SMILES string of the molecule is C1=CC(n2c3ccccc3c3cc(-c4ccc5c6ccccc6n(-c6cc(C7=CC=NCC7)cc(-c7ccccc7)c6)c5c4)ccc32)CC=C1c1ccccc1. The van der Waals surface area contributed by atoms with Gasteiger partial charge in [-0.15, -0.1) is 0 Å². The van der Waals surface area contributed by atoms with Gasteiger partial charge in [0.25, 0.3) is 0 Å². The third-order valence-electron chi connectivity index (χ3n) is 11.8. The van der Waals surface area contributed by atoms with E-state index in [-0.39, 0.29) is 6.04 Å². The molecule has 0 saturated carbocycles. The average Bonchev–Trinajstić information content (AvgIpc) is 3.79. The Balaban J connectivity index is 1.06. The molecule has 0 spiro atoms. The van der Waals surface area contributed by atoms with Gasteiger partial charge in [-0.1, -0.05) is 133 Å². The van der Waals surface area contributed by atoms with Crippen molar-refractivity contribution in [1.29, 1.82) is 0 Å². The van der Waals surface area contributed by atoms with Gasteiger partial charge in [0.15, 0.2) is 0 Å². The van der Waals surface area contributed by atoms with Crippen LogP contribution >= 0.6 is 0 Å². The molecule has 3 heterocycles. The van der Waals surface area contributed by atoms with E-state index in [1.54, 1.807) is 0 Å². The van der Waals surface area contributed by atoms with Crippen LogP contribution in [0, 0.1) is 0 Å². The Kier molecular flexibility index (Phi) is 7.77. The second kappa shape index (κ2) is 13.4. The monoisotopic (exact) mass is 717 g/mol. The Bertz CT molecular complexity index is 3100. The number of aliphatic imine (C=N–C) groups is 1. The lowest BCUT2D eigenvalue weighted by molar-refractivity contribution is 0.649. The quantitative estimate of drug-likeness (QED) is 0.163. The minimum Gasteiger partial charge on any atom is -0.333 e. The molecule has 0 amide bonds. The molecular formula is C53H39N3. The van der Waals surface area contributed by atoms with E-state index in [1.165, 1.54) is 88.1 Å². The predicted octanol–water partition coefficient (Wildman–Crippen LogP) is 13.7. The van der Waals surface area contributed by atoms with E-state index in [2.05, 4.69) is 202 Å². The molecule has 2 aliphatic rings. The van der Waals surface area contributed by atoms with Crippen molar-refractivity contribution < 1.29 is 0 Å². The summed E-state index contributed by atoms with van der Waals surface area (Å²) in [6, 6.07) is 60.6. The molecule has 0 N–H and O–H groups in total. The highest BCUT2D eigenvalue weighted by Gasteiger charge is 2.20. The van der Waals surface area contributed by atoms with Crippen LogP contribution in [0.5, 0.6) is 0 Å². The summed E-state index contributed by atoms with van der Waals surface area (Å²) in [5.74, 6) is 0. The number of rotatable bonds is 6. The highest BCUT2D eigenvalue weighted by molar-refractivity contribution is 6.12. The normalized spacial score (nSPS) is 15.5. The highest BCUT2D eigenvalue weighted by atomic mass is 15.0. The number of fused-ring (bicyclic) bond motifs is 6. The summed E-state index contributed by atoms with van der Waals surface area (Å²) < 4.78 is 5.01. The van der Waals surface area contributed by atoms with Crippen molar-refractivity contribution in [1.82, 2.24) is 9.13 Å². The fraction of sp³-hybridized carbons (Fsp3) is 0.0755. The first-order valence-corrected chi connectivity index (χ1v) is 19.7. The van der Waals surface area contributed by atoms with Gasteiger partial charge in [-0.05, 0) is 112 Å². The Morgan fingerprint density at radius 3 is 1.91 bits per heavy atom. The van der Waals surface area contributed by atoms with Crippen molar-refractivity contribution in [3.8, 4) is 27.9 Å². The molecule has 0 saturated heterocycles. The zero-order valence-electron chi connectivity index (χ0n) is 31.0. The molecule has 9 aromatic rings. The van der Waals surface area contributed by atoms with Crippen LogP contribution in [-0.2, 0) is 0 Å². The molecule has 3 nitrogen and oxygen atoms in total. The van der Waals surface area contributed by atoms with E-state index in [9.17, 15) is 0 Å². The van der Waals surface area contributed by atoms with Crippen LogP contribution in [0.2, 0.25) is 0 Å². The van der Waals surface area contributed by atoms with Crippen LogP contribution < -0.4 is 0 Å². The zero-order chi connectivity index (χ0) is 37.0. The lowest BCUT2D eigenvalue weighted by Gasteiger charge is -2.21. The molecule has 2 aromatic heterocycles. The van der Waals surface area contributed by atoms with Gasteiger partial charge in [0.2, 0.25) is 0 Å². The Morgan fingerprint density at radius 2 is 1.14 bits per heavy atom. The van der Waals surface area contributed by atoms with E-state index in [1.807, 2.05) is 6.21 Å². The lowest BCUT2D eigenvalue weighted by atomic mass is 9.95. The Morgan fingerprint density at radius 1 is 0.482 bits per heavy atom. The van der Waals surface area contributed by atoms with Gasteiger partial charge in [0.05, 0.1) is 17.1 Å². The maximum Gasteiger partial charge on any atom is 0.0560 e. The van der Waals surface area contributed by atoms with Crippen LogP contribution in [0.3, 0.4) is 0 Å². The summed E-state index contributed by atoms with van der Waals surface area (Å²) in [5.41, 5.74) is 16.1. The van der Waals surface area contributed by atoms with Crippen molar-refractivity contribution in [2.24, 2.45) is 4.99 Å². The maximum atomic E-state index is 4.49. The number of allylic oxidation sites excluding steroid dienone is 5. The van der Waals surface area contributed by atoms with Crippen LogP contribution in [0.15, 0.2) is 193 Å². The molecule has 266 valence electrons. The number of aromatic nitrogens is 2. The minimum atomic E-state index is 0.246. The summed E-state index contributed by atoms with van der Waals surface area (Å²) in [6.07, 6.45) is 13.1. The van der Waals surface area contributed by atoms with Gasteiger partial charge in [0.1, 0.15) is 0 Å². The minimum absolute atomic E-state index is 0.246. The Hall–Kier alpha value is -6.97. The van der Waals surface area contributed by atoms with E-state index in [0.29, 0.717) is 0 Å². The molecule has 1 atom stereocenters. The average molecular weight is 718 g/mol. The number of benzene rings is 7. The molecule has 11 rings (SSSR count). The van der Waals surface area contributed by atoms with E-state index in [4.69, 9.17) is 0 Å². The summed E-state index contributed by atoms with van der Waals surface area (Å²) >= 11 is 0. The number of hydrogen-bond acceptors (Lipinski definition) is 1. The van der Waals surface area contributed by atoms with E-state index < -0.39 is 0 Å². The fourth-order valence-corrected chi connectivity index (χ4v) is 9.06. The second-order valence-electron chi connectivity index (χ2n) is 15.0. The number of nitrogens with zero attached hydrogens (tertiary/aromatic N) is 3. The standard InChI is InChI=1S/C53H39N3/c1-3-11-36(12-4-1)38-19-23-44(24-20-38)55-51-18-10-8-16-47(51)49-34-40(22-26-52(49)55)41-21-25-48-46-15-7-9-17-50(46)56(53(48)35-41)45-32-42(37-13-5-2-6-14-37)31-43(33-45)39-27-29-54-30-28-39/h1-23,25-27,29,31-35,44H,24,28,30H2. The van der Waals surface area contributed by atoms with Crippen LogP contribution in [0.4, 0.5) is 0 Å². The molecular weight excluding hydrogens is 679 g/mol. The van der Waals surface area contributed by atoms with Crippen molar-refractivity contribution in [2.75, 3.05) is 6.54 Å². The molecule has 1 unspecified atom stereocenters. The molecule has 7 aromatic carbocycles. The molecule has 0 bridgehead atoms. The predicted molar refractivity (Wildman–Crippen MR) is 238 cm³/mol. The third-order valence-corrected chi connectivity index (χ3v) is 11.8. The van der Waals surface area contributed by atoms with Crippen molar-refractivity contribution in [2.45, 2.75) is 18.9 Å². The molecule has 1 aliphatic heterocycles. The van der Waals surface area contributed by atoms with Gasteiger partial charge in [-0.3, -0.25) is 4.99 Å². The molecule has 56 heavy (non-hydrogen) atoms. The second-order valence-corrected chi connectivity index (χ2v) is 15.0. The van der Waals surface area contributed by atoms with Gasteiger partial charge < -0.3 is 9.13 Å². The smallest absolute Gasteiger partial charge is 0.0560 e. The van der Waals surface area contributed by atoms with Gasteiger partial charge in [-0.2, -0.15) is 0 Å². The van der Waals surface area contributed by atoms with Crippen molar-refractivity contribution >= 4 is 61.0 Å². The lowest BCUT2D eigenvalue weighted by Crippen LogP contribution is -2.07.